The number of aromatic nitrogens is 3. The summed E-state index contributed by atoms with van der Waals surface area (Å²) in [7, 11) is 0. The van der Waals surface area contributed by atoms with Crippen LogP contribution < -0.4 is 5.32 Å². The summed E-state index contributed by atoms with van der Waals surface area (Å²) in [6, 6.07) is 16.2. The van der Waals surface area contributed by atoms with Gasteiger partial charge >= 0.3 is 0 Å². The maximum Gasteiger partial charge on any atom is 0.221 e. The van der Waals surface area contributed by atoms with Crippen molar-refractivity contribution < 1.29 is 4.79 Å². The summed E-state index contributed by atoms with van der Waals surface area (Å²) in [4.78, 5) is 20.2. The van der Waals surface area contributed by atoms with Gasteiger partial charge < -0.3 is 10.3 Å². The maximum absolute atomic E-state index is 11.8. The van der Waals surface area contributed by atoms with E-state index in [-0.39, 0.29) is 5.91 Å². The first-order valence-electron chi connectivity index (χ1n) is 8.23. The fourth-order valence-electron chi connectivity index (χ4n) is 3.74. The van der Waals surface area contributed by atoms with Gasteiger partial charge in [0.05, 0.1) is 22.2 Å². The molecule has 2 aromatic carbocycles. The van der Waals surface area contributed by atoms with Crippen LogP contribution in [0.25, 0.3) is 38.4 Å². The average Bonchev–Trinajstić information content (AvgIpc) is 3.12. The van der Waals surface area contributed by atoms with Crippen LogP contribution in [-0.2, 0) is 4.79 Å². The number of hydrogen-bond acceptors (Lipinski definition) is 2. The molecule has 5 rings (SSSR count). The highest BCUT2D eigenvalue weighted by Crippen LogP contribution is 2.37. The molecule has 5 nitrogen and oxygen atoms in total. The summed E-state index contributed by atoms with van der Waals surface area (Å²) in [5, 5.41) is 5.12. The monoisotopic (exact) mass is 328 g/mol. The molecule has 0 bridgehead atoms. The van der Waals surface area contributed by atoms with Gasteiger partial charge in [-0.3, -0.25) is 9.20 Å². The number of para-hydroxylation sites is 2. The molecule has 0 saturated carbocycles. The van der Waals surface area contributed by atoms with E-state index < -0.39 is 0 Å². The molecular weight excluding hydrogens is 312 g/mol. The third kappa shape index (κ3) is 1.83. The van der Waals surface area contributed by atoms with Crippen molar-refractivity contribution in [1.29, 1.82) is 0 Å². The largest absolute Gasteiger partial charge is 0.351 e. The predicted molar refractivity (Wildman–Crippen MR) is 101 cm³/mol. The van der Waals surface area contributed by atoms with E-state index in [1.807, 2.05) is 43.3 Å². The van der Waals surface area contributed by atoms with E-state index in [0.29, 0.717) is 0 Å². The molecule has 0 unspecified atom stereocenters. The van der Waals surface area contributed by atoms with Crippen molar-refractivity contribution in [3.63, 3.8) is 0 Å². The van der Waals surface area contributed by atoms with E-state index in [1.54, 1.807) is 0 Å². The highest BCUT2D eigenvalue weighted by atomic mass is 16.1. The topological polar surface area (TPSA) is 62.2 Å². The van der Waals surface area contributed by atoms with Gasteiger partial charge in [-0.1, -0.05) is 36.4 Å². The second-order valence-electron chi connectivity index (χ2n) is 6.31. The maximum atomic E-state index is 11.8. The van der Waals surface area contributed by atoms with Crippen LogP contribution >= 0.6 is 0 Å². The smallest absolute Gasteiger partial charge is 0.221 e. The average molecular weight is 328 g/mol. The fraction of sp³-hybridized carbons (Fsp3) is 0.100. The van der Waals surface area contributed by atoms with Crippen LogP contribution in [0.1, 0.15) is 12.7 Å². The Morgan fingerprint density at radius 3 is 2.60 bits per heavy atom. The van der Waals surface area contributed by atoms with E-state index in [0.717, 1.165) is 49.9 Å². The molecule has 2 N–H and O–H groups in total. The summed E-state index contributed by atoms with van der Waals surface area (Å²) < 4.78 is 2.11. The molecule has 0 saturated heterocycles. The number of H-pyrrole nitrogens is 1. The summed E-state index contributed by atoms with van der Waals surface area (Å²) in [5.41, 5.74) is 5.71. The molecule has 0 aliphatic heterocycles. The Labute approximate surface area is 143 Å². The summed E-state index contributed by atoms with van der Waals surface area (Å²) in [6.07, 6.45) is 0. The number of fused-ring (bicyclic) bond motifs is 7. The number of amides is 1. The van der Waals surface area contributed by atoms with Gasteiger partial charge in [0, 0.05) is 23.2 Å². The number of anilines is 1. The summed E-state index contributed by atoms with van der Waals surface area (Å²) >= 11 is 0. The Kier molecular flexibility index (Phi) is 2.71. The Hall–Kier alpha value is -3.34. The van der Waals surface area contributed by atoms with Crippen molar-refractivity contribution >= 4 is 50.0 Å². The molecule has 0 aliphatic carbocycles. The molecule has 0 spiro atoms. The number of nitrogens with one attached hydrogen (secondary N) is 2. The zero-order valence-corrected chi connectivity index (χ0v) is 13.9. The van der Waals surface area contributed by atoms with Crippen molar-refractivity contribution in [1.82, 2.24) is 14.4 Å². The second kappa shape index (κ2) is 4.83. The predicted octanol–water partition coefficient (Wildman–Crippen LogP) is 4.39. The number of aromatic amines is 1. The molecule has 3 heterocycles. The lowest BCUT2D eigenvalue weighted by molar-refractivity contribution is -0.114. The number of nitrogens with zero attached hydrogens (tertiary/aromatic N) is 2. The molecule has 3 aromatic heterocycles. The molecular formula is C20H16N4O. The zero-order valence-electron chi connectivity index (χ0n) is 13.9. The van der Waals surface area contributed by atoms with Gasteiger partial charge in [0.15, 0.2) is 0 Å². The first-order chi connectivity index (χ1) is 12.1. The molecule has 122 valence electrons. The van der Waals surface area contributed by atoms with Gasteiger partial charge in [0.1, 0.15) is 11.3 Å². The summed E-state index contributed by atoms with van der Waals surface area (Å²) in [5.74, 6) is 0.803. The Balaban J connectivity index is 2.10. The molecule has 0 fully saturated rings. The standard InChI is InChI=1S/C20H16N4O/c1-11-21-17-13-7-3-5-9-15(13)23-19(17)20-18(22-12(2)25)14-8-4-6-10-16(14)24(11)20/h3-10,23H,1-2H3,(H,22,25). The van der Waals surface area contributed by atoms with E-state index >= 15 is 0 Å². The van der Waals surface area contributed by atoms with Crippen LogP contribution in [0.2, 0.25) is 0 Å². The van der Waals surface area contributed by atoms with Gasteiger partial charge in [-0.15, -0.1) is 0 Å². The van der Waals surface area contributed by atoms with E-state index in [1.165, 1.54) is 6.92 Å². The van der Waals surface area contributed by atoms with Crippen LogP contribution in [0.15, 0.2) is 48.5 Å². The van der Waals surface area contributed by atoms with Gasteiger partial charge in [-0.2, -0.15) is 0 Å². The van der Waals surface area contributed by atoms with Gasteiger partial charge in [-0.05, 0) is 19.1 Å². The molecule has 0 atom stereocenters. The lowest BCUT2D eigenvalue weighted by atomic mass is 10.2. The molecule has 1 amide bonds. The first-order valence-corrected chi connectivity index (χ1v) is 8.23. The first kappa shape index (κ1) is 14.0. The zero-order chi connectivity index (χ0) is 17.1. The number of aryl methyl sites for hydroxylation is 1. The summed E-state index contributed by atoms with van der Waals surface area (Å²) in [6.45, 7) is 3.53. The van der Waals surface area contributed by atoms with Gasteiger partial charge in [-0.25, -0.2) is 4.98 Å². The van der Waals surface area contributed by atoms with Gasteiger partial charge in [0.2, 0.25) is 5.91 Å². The molecule has 0 aliphatic rings. The number of benzene rings is 2. The minimum atomic E-state index is -0.0861. The Bertz CT molecular complexity index is 1310. The highest BCUT2D eigenvalue weighted by Gasteiger charge is 2.19. The molecule has 0 radical (unpaired) electrons. The number of rotatable bonds is 1. The minimum Gasteiger partial charge on any atom is -0.351 e. The van der Waals surface area contributed by atoms with Crippen LogP contribution in [0.4, 0.5) is 5.69 Å². The van der Waals surface area contributed by atoms with Crippen molar-refractivity contribution in [2.24, 2.45) is 0 Å². The SMILES string of the molecule is CC(=O)Nc1c2ccccc2n2c(C)nc3c4ccccc4[nH]c3c12. The number of carbonyl (C=O) groups excluding carboxylic acids is 1. The number of hydrogen-bond donors (Lipinski definition) is 2. The van der Waals surface area contributed by atoms with Crippen molar-refractivity contribution in [3.8, 4) is 0 Å². The van der Waals surface area contributed by atoms with Crippen LogP contribution in [0.3, 0.4) is 0 Å². The van der Waals surface area contributed by atoms with Crippen molar-refractivity contribution in [2.45, 2.75) is 13.8 Å². The van der Waals surface area contributed by atoms with E-state index in [4.69, 9.17) is 4.98 Å². The second-order valence-corrected chi connectivity index (χ2v) is 6.31. The third-order valence-corrected chi connectivity index (χ3v) is 4.69. The lowest BCUT2D eigenvalue weighted by Gasteiger charge is -2.05. The van der Waals surface area contributed by atoms with Crippen molar-refractivity contribution in [3.05, 3.63) is 54.4 Å². The molecule has 5 aromatic rings. The Morgan fingerprint density at radius 1 is 1.08 bits per heavy atom. The Morgan fingerprint density at radius 2 is 1.80 bits per heavy atom. The minimum absolute atomic E-state index is 0.0861. The highest BCUT2D eigenvalue weighted by molar-refractivity contribution is 6.19. The fourth-order valence-corrected chi connectivity index (χ4v) is 3.74. The lowest BCUT2D eigenvalue weighted by Crippen LogP contribution is -2.06. The van der Waals surface area contributed by atoms with Crippen LogP contribution in [0.5, 0.6) is 0 Å². The van der Waals surface area contributed by atoms with Crippen LogP contribution in [0, 0.1) is 6.92 Å². The normalized spacial score (nSPS) is 11.8. The number of carbonyl (C=O) groups is 1. The van der Waals surface area contributed by atoms with Crippen LogP contribution in [-0.4, -0.2) is 20.3 Å². The van der Waals surface area contributed by atoms with E-state index in [2.05, 4.69) is 26.8 Å². The molecule has 5 heteroatoms. The third-order valence-electron chi connectivity index (χ3n) is 4.69. The van der Waals surface area contributed by atoms with Crippen molar-refractivity contribution in [2.75, 3.05) is 5.32 Å². The quantitative estimate of drug-likeness (QED) is 0.479. The molecule has 25 heavy (non-hydrogen) atoms. The van der Waals surface area contributed by atoms with E-state index in [9.17, 15) is 4.79 Å². The van der Waals surface area contributed by atoms with Gasteiger partial charge in [0.25, 0.3) is 0 Å².